The molecular formula is C13H19NO5. The van der Waals surface area contributed by atoms with Crippen LogP contribution in [0.1, 0.15) is 5.56 Å². The van der Waals surface area contributed by atoms with Crippen LogP contribution in [-0.4, -0.2) is 57.2 Å². The average Bonchev–Trinajstić information content (AvgIpc) is 2.41. The maximum atomic E-state index is 10.1. The number of ether oxygens (including phenoxy) is 1. The van der Waals surface area contributed by atoms with Crippen LogP contribution in [0, 0.1) is 0 Å². The standard InChI is InChI=1S/C13H19NO5/c14-9-10(16)11(17)12(19-13(9)18)8(15)6-7-4-2-1-3-5-7/h1-5,8-13,15-18H,6,14H2/t8?,9-,10-,11+,12-,13-/m1/s1. The minimum atomic E-state index is -1.41. The monoisotopic (exact) mass is 269 g/mol. The Balaban J connectivity index is 2.04. The molecule has 0 spiro atoms. The van der Waals surface area contributed by atoms with Gasteiger partial charge in [0.15, 0.2) is 6.29 Å². The van der Waals surface area contributed by atoms with Crippen LogP contribution in [0.2, 0.25) is 0 Å². The summed E-state index contributed by atoms with van der Waals surface area (Å²) in [5.74, 6) is 0. The molecule has 1 aromatic rings. The molecule has 1 aromatic carbocycles. The second kappa shape index (κ2) is 5.96. The second-order valence-corrected chi connectivity index (χ2v) is 4.81. The van der Waals surface area contributed by atoms with Crippen LogP contribution < -0.4 is 5.73 Å². The van der Waals surface area contributed by atoms with Gasteiger partial charge in [0.05, 0.1) is 12.1 Å². The normalized spacial score (nSPS) is 37.0. The molecular weight excluding hydrogens is 250 g/mol. The van der Waals surface area contributed by atoms with Gasteiger partial charge in [-0.3, -0.25) is 0 Å². The van der Waals surface area contributed by atoms with Gasteiger partial charge in [-0.2, -0.15) is 0 Å². The van der Waals surface area contributed by atoms with Crippen LogP contribution in [0.5, 0.6) is 0 Å². The lowest BCUT2D eigenvalue weighted by Gasteiger charge is -2.40. The van der Waals surface area contributed by atoms with Gasteiger partial charge in [0.25, 0.3) is 0 Å². The highest BCUT2D eigenvalue weighted by Crippen LogP contribution is 2.22. The smallest absolute Gasteiger partial charge is 0.173 e. The van der Waals surface area contributed by atoms with E-state index in [4.69, 9.17) is 10.5 Å². The summed E-state index contributed by atoms with van der Waals surface area (Å²) in [6.07, 6.45) is -5.96. The number of nitrogens with two attached hydrogens (primary N) is 1. The maximum Gasteiger partial charge on any atom is 0.173 e. The van der Waals surface area contributed by atoms with Crippen LogP contribution in [0.4, 0.5) is 0 Å². The summed E-state index contributed by atoms with van der Waals surface area (Å²) in [7, 11) is 0. The fraction of sp³-hybridized carbons (Fsp3) is 0.538. The van der Waals surface area contributed by atoms with Gasteiger partial charge in [-0.05, 0) is 5.56 Å². The van der Waals surface area contributed by atoms with Gasteiger partial charge in [0, 0.05) is 6.42 Å². The first kappa shape index (κ1) is 14.4. The fourth-order valence-electron chi connectivity index (χ4n) is 2.21. The Morgan fingerprint density at radius 3 is 2.37 bits per heavy atom. The first-order valence-electron chi connectivity index (χ1n) is 6.18. The third-order valence-electron chi connectivity index (χ3n) is 3.37. The van der Waals surface area contributed by atoms with E-state index in [1.165, 1.54) is 0 Å². The molecule has 1 saturated heterocycles. The zero-order valence-electron chi connectivity index (χ0n) is 10.3. The van der Waals surface area contributed by atoms with Gasteiger partial charge in [0.1, 0.15) is 18.3 Å². The van der Waals surface area contributed by atoms with Crippen molar-refractivity contribution in [1.29, 1.82) is 0 Å². The van der Waals surface area contributed by atoms with E-state index in [1.807, 2.05) is 30.3 Å². The molecule has 0 aromatic heterocycles. The summed E-state index contributed by atoms with van der Waals surface area (Å²) >= 11 is 0. The van der Waals surface area contributed by atoms with Crippen molar-refractivity contribution in [3.8, 4) is 0 Å². The number of rotatable bonds is 3. The summed E-state index contributed by atoms with van der Waals surface area (Å²) in [6, 6.07) is 8.09. The molecule has 6 nitrogen and oxygen atoms in total. The SMILES string of the molecule is N[C@@H]1[C@@H](O)[C@H](O)[C@@H](C(O)Cc2ccccc2)O[C@H]1O. The molecule has 0 aliphatic carbocycles. The van der Waals surface area contributed by atoms with Crippen molar-refractivity contribution in [3.05, 3.63) is 35.9 Å². The Kier molecular flexibility index (Phi) is 4.51. The Labute approximate surface area is 111 Å². The molecule has 1 heterocycles. The van der Waals surface area contributed by atoms with Crippen molar-refractivity contribution in [2.75, 3.05) is 0 Å². The summed E-state index contributed by atoms with van der Waals surface area (Å²) in [5, 5.41) is 39.1. The van der Waals surface area contributed by atoms with E-state index in [1.54, 1.807) is 0 Å². The fourth-order valence-corrected chi connectivity index (χ4v) is 2.21. The molecule has 2 rings (SSSR count). The number of aliphatic hydroxyl groups excluding tert-OH is 4. The Hall–Kier alpha value is -1.02. The first-order valence-corrected chi connectivity index (χ1v) is 6.18. The van der Waals surface area contributed by atoms with Crippen LogP contribution >= 0.6 is 0 Å². The number of hydrogen-bond acceptors (Lipinski definition) is 6. The topological polar surface area (TPSA) is 116 Å². The van der Waals surface area contributed by atoms with Crippen molar-refractivity contribution in [3.63, 3.8) is 0 Å². The lowest BCUT2D eigenvalue weighted by molar-refractivity contribution is -0.261. The minimum absolute atomic E-state index is 0.247. The predicted octanol–water partition coefficient (Wildman–Crippen LogP) is -1.64. The highest BCUT2D eigenvalue weighted by molar-refractivity contribution is 5.16. The van der Waals surface area contributed by atoms with Gasteiger partial charge < -0.3 is 30.9 Å². The van der Waals surface area contributed by atoms with E-state index in [2.05, 4.69) is 0 Å². The first-order chi connectivity index (χ1) is 9.00. The lowest BCUT2D eigenvalue weighted by Crippen LogP contribution is -2.63. The van der Waals surface area contributed by atoms with Gasteiger partial charge >= 0.3 is 0 Å². The molecule has 1 fully saturated rings. The van der Waals surface area contributed by atoms with E-state index in [0.717, 1.165) is 5.56 Å². The molecule has 6 atom stereocenters. The van der Waals surface area contributed by atoms with Crippen LogP contribution in [0.15, 0.2) is 30.3 Å². The van der Waals surface area contributed by atoms with Gasteiger partial charge in [-0.25, -0.2) is 0 Å². The van der Waals surface area contributed by atoms with Gasteiger partial charge in [0.2, 0.25) is 0 Å². The highest BCUT2D eigenvalue weighted by Gasteiger charge is 2.44. The van der Waals surface area contributed by atoms with Crippen molar-refractivity contribution >= 4 is 0 Å². The Morgan fingerprint density at radius 2 is 1.74 bits per heavy atom. The molecule has 1 aliphatic heterocycles. The minimum Gasteiger partial charge on any atom is -0.390 e. The molecule has 106 valence electrons. The zero-order valence-corrected chi connectivity index (χ0v) is 10.3. The molecule has 0 amide bonds. The number of benzene rings is 1. The molecule has 6 heteroatoms. The van der Waals surface area contributed by atoms with Crippen LogP contribution in [-0.2, 0) is 11.2 Å². The van der Waals surface area contributed by atoms with E-state index in [9.17, 15) is 20.4 Å². The maximum absolute atomic E-state index is 10.1. The molecule has 0 saturated carbocycles. The van der Waals surface area contributed by atoms with Crippen LogP contribution in [0.3, 0.4) is 0 Å². The average molecular weight is 269 g/mol. The third kappa shape index (κ3) is 3.11. The Bertz CT molecular complexity index is 401. The largest absolute Gasteiger partial charge is 0.390 e. The molecule has 1 aliphatic rings. The zero-order chi connectivity index (χ0) is 14.0. The molecule has 0 bridgehead atoms. The lowest BCUT2D eigenvalue weighted by atomic mass is 9.91. The van der Waals surface area contributed by atoms with E-state index in [-0.39, 0.29) is 6.42 Å². The quantitative estimate of drug-likeness (QED) is 0.449. The molecule has 0 radical (unpaired) electrons. The summed E-state index contributed by atoms with van der Waals surface area (Å²) < 4.78 is 5.09. The molecule has 6 N–H and O–H groups in total. The van der Waals surface area contributed by atoms with Crippen molar-refractivity contribution in [1.82, 2.24) is 0 Å². The van der Waals surface area contributed by atoms with Gasteiger partial charge in [-0.15, -0.1) is 0 Å². The van der Waals surface area contributed by atoms with E-state index < -0.39 is 36.7 Å². The summed E-state index contributed by atoms with van der Waals surface area (Å²) in [4.78, 5) is 0. The predicted molar refractivity (Wildman–Crippen MR) is 67.0 cm³/mol. The summed E-state index contributed by atoms with van der Waals surface area (Å²) in [6.45, 7) is 0. The van der Waals surface area contributed by atoms with E-state index >= 15 is 0 Å². The number of hydrogen-bond donors (Lipinski definition) is 5. The Morgan fingerprint density at radius 1 is 1.11 bits per heavy atom. The van der Waals surface area contributed by atoms with Gasteiger partial charge in [-0.1, -0.05) is 30.3 Å². The molecule has 1 unspecified atom stereocenters. The van der Waals surface area contributed by atoms with Crippen molar-refractivity contribution < 1.29 is 25.2 Å². The van der Waals surface area contributed by atoms with Crippen molar-refractivity contribution in [2.45, 2.75) is 43.2 Å². The second-order valence-electron chi connectivity index (χ2n) is 4.81. The molecule has 19 heavy (non-hydrogen) atoms. The van der Waals surface area contributed by atoms with Crippen LogP contribution in [0.25, 0.3) is 0 Å². The number of aliphatic hydroxyl groups is 4. The highest BCUT2D eigenvalue weighted by atomic mass is 16.6. The third-order valence-corrected chi connectivity index (χ3v) is 3.37. The van der Waals surface area contributed by atoms with E-state index in [0.29, 0.717) is 0 Å². The summed E-state index contributed by atoms with van der Waals surface area (Å²) in [5.41, 5.74) is 6.33. The van der Waals surface area contributed by atoms with Crippen molar-refractivity contribution in [2.24, 2.45) is 5.73 Å².